The number of hydrogen-bond donors (Lipinski definition) is 0. The van der Waals surface area contributed by atoms with E-state index in [1.807, 2.05) is 51.1 Å². The van der Waals surface area contributed by atoms with E-state index in [9.17, 15) is 4.79 Å². The Morgan fingerprint density at radius 1 is 1.06 bits per heavy atom. The molecule has 4 aromatic rings. The van der Waals surface area contributed by atoms with Crippen molar-refractivity contribution in [2.24, 2.45) is 5.10 Å². The fourth-order valence-corrected chi connectivity index (χ4v) is 4.39. The highest BCUT2D eigenvalue weighted by atomic mass is 79.9. The Morgan fingerprint density at radius 2 is 1.86 bits per heavy atom. The Kier molecular flexibility index (Phi) is 8.34. The van der Waals surface area contributed by atoms with Crippen LogP contribution in [-0.4, -0.2) is 22.5 Å². The fourth-order valence-electron chi connectivity index (χ4n) is 3.56. The van der Waals surface area contributed by atoms with E-state index in [1.165, 1.54) is 4.68 Å². The second kappa shape index (κ2) is 11.5. The molecule has 0 aliphatic rings. The summed E-state index contributed by atoms with van der Waals surface area (Å²) in [4.78, 5) is 17.9. The maximum Gasteiger partial charge on any atom is 0.282 e. The smallest absolute Gasteiger partial charge is 0.282 e. The van der Waals surface area contributed by atoms with E-state index >= 15 is 0 Å². The Hall–Kier alpha value is -2.87. The largest absolute Gasteiger partial charge is 0.490 e. The molecule has 0 unspecified atom stereocenters. The Morgan fingerprint density at radius 3 is 2.58 bits per heavy atom. The van der Waals surface area contributed by atoms with E-state index in [0.29, 0.717) is 44.9 Å². The molecule has 0 N–H and O–H groups in total. The van der Waals surface area contributed by atoms with Crippen LogP contribution in [0.5, 0.6) is 11.5 Å². The van der Waals surface area contributed by atoms with Crippen molar-refractivity contribution in [3.63, 3.8) is 0 Å². The molecule has 9 heteroatoms. The van der Waals surface area contributed by atoms with E-state index in [2.05, 4.69) is 26.0 Å². The monoisotopic (exact) mass is 587 g/mol. The van der Waals surface area contributed by atoms with Crippen LogP contribution in [0.15, 0.2) is 69.0 Å². The summed E-state index contributed by atoms with van der Waals surface area (Å²) in [5.74, 6) is 1.70. The Labute approximate surface area is 227 Å². The second-order valence-corrected chi connectivity index (χ2v) is 10.1. The quantitative estimate of drug-likeness (QED) is 0.200. The van der Waals surface area contributed by atoms with Gasteiger partial charge in [0, 0.05) is 26.0 Å². The van der Waals surface area contributed by atoms with Crippen LogP contribution in [-0.2, 0) is 6.61 Å². The second-order valence-electron chi connectivity index (χ2n) is 8.31. The molecule has 0 aliphatic heterocycles. The molecule has 0 fully saturated rings. The summed E-state index contributed by atoms with van der Waals surface area (Å²) in [6.45, 7) is 6.57. The normalized spacial score (nSPS) is 11.5. The van der Waals surface area contributed by atoms with Gasteiger partial charge in [0.1, 0.15) is 12.4 Å². The maximum atomic E-state index is 13.2. The van der Waals surface area contributed by atoms with E-state index in [0.717, 1.165) is 15.6 Å². The molecule has 0 amide bonds. The zero-order chi connectivity index (χ0) is 25.8. The Bertz CT molecular complexity index is 1500. The number of fused-ring (bicyclic) bond motifs is 1. The van der Waals surface area contributed by atoms with Crippen LogP contribution in [0.2, 0.25) is 10.0 Å². The minimum Gasteiger partial charge on any atom is -0.490 e. The predicted octanol–water partition coefficient (Wildman–Crippen LogP) is 7.45. The molecule has 0 spiro atoms. The van der Waals surface area contributed by atoms with Gasteiger partial charge in [-0.2, -0.15) is 9.78 Å². The van der Waals surface area contributed by atoms with Crippen molar-refractivity contribution in [3.05, 3.63) is 96.4 Å². The molecule has 6 nitrogen and oxygen atoms in total. The highest BCUT2D eigenvalue weighted by Gasteiger charge is 2.14. The van der Waals surface area contributed by atoms with Crippen molar-refractivity contribution in [3.8, 4) is 11.5 Å². The van der Waals surface area contributed by atoms with Gasteiger partial charge in [-0.3, -0.25) is 4.79 Å². The minimum atomic E-state index is -0.230. The molecule has 186 valence electrons. The standard InChI is InChI=1S/C27H24BrCl2N3O3/c1-4-35-25-11-17(5-10-24(25)36-15-18-6-8-20(29)13-22(18)30)14-31-33-26(16(2)3)32-23-9-7-19(28)12-21(23)27(33)34/h5-14,16H,4,15H2,1-3H3. The van der Waals surface area contributed by atoms with Crippen LogP contribution in [0.4, 0.5) is 0 Å². The molecule has 0 radical (unpaired) electrons. The maximum absolute atomic E-state index is 13.2. The van der Waals surface area contributed by atoms with Crippen molar-refractivity contribution >= 4 is 56.2 Å². The van der Waals surface area contributed by atoms with Crippen LogP contribution < -0.4 is 15.0 Å². The average Bonchev–Trinajstić information content (AvgIpc) is 2.84. The summed E-state index contributed by atoms with van der Waals surface area (Å²) >= 11 is 15.7. The first kappa shape index (κ1) is 26.2. The van der Waals surface area contributed by atoms with Crippen LogP contribution in [0.3, 0.4) is 0 Å². The van der Waals surface area contributed by atoms with Gasteiger partial charge in [-0.15, -0.1) is 0 Å². The number of rotatable bonds is 8. The number of benzene rings is 3. The third-order valence-electron chi connectivity index (χ3n) is 5.34. The summed E-state index contributed by atoms with van der Waals surface area (Å²) in [6, 6.07) is 16.2. The molecule has 0 aliphatic carbocycles. The van der Waals surface area contributed by atoms with Crippen molar-refractivity contribution in [1.29, 1.82) is 0 Å². The van der Waals surface area contributed by atoms with Gasteiger partial charge < -0.3 is 9.47 Å². The molecule has 0 atom stereocenters. The van der Waals surface area contributed by atoms with Gasteiger partial charge in [0.05, 0.1) is 23.7 Å². The molecule has 36 heavy (non-hydrogen) atoms. The molecule has 0 saturated carbocycles. The highest BCUT2D eigenvalue weighted by Crippen LogP contribution is 2.30. The third-order valence-corrected chi connectivity index (χ3v) is 6.42. The van der Waals surface area contributed by atoms with Crippen LogP contribution in [0, 0.1) is 0 Å². The number of hydrogen-bond acceptors (Lipinski definition) is 5. The lowest BCUT2D eigenvalue weighted by Gasteiger charge is -2.14. The van der Waals surface area contributed by atoms with Crippen molar-refractivity contribution in [2.75, 3.05) is 6.61 Å². The van der Waals surface area contributed by atoms with Gasteiger partial charge >= 0.3 is 0 Å². The van der Waals surface area contributed by atoms with Crippen LogP contribution in [0.1, 0.15) is 43.6 Å². The first-order valence-corrected chi connectivity index (χ1v) is 12.9. The lowest BCUT2D eigenvalue weighted by molar-refractivity contribution is 0.269. The molecule has 3 aromatic carbocycles. The zero-order valence-corrected chi connectivity index (χ0v) is 23.1. The summed E-state index contributed by atoms with van der Waals surface area (Å²) in [7, 11) is 0. The topological polar surface area (TPSA) is 65.7 Å². The average molecular weight is 589 g/mol. The van der Waals surface area contributed by atoms with Crippen molar-refractivity contribution in [2.45, 2.75) is 33.3 Å². The molecular formula is C27H24BrCl2N3O3. The van der Waals surface area contributed by atoms with Gasteiger partial charge in [0.15, 0.2) is 11.5 Å². The summed E-state index contributed by atoms with van der Waals surface area (Å²) in [5, 5.41) is 6.09. The summed E-state index contributed by atoms with van der Waals surface area (Å²) in [6.07, 6.45) is 1.61. The van der Waals surface area contributed by atoms with Gasteiger partial charge in [0.25, 0.3) is 5.56 Å². The Balaban J connectivity index is 1.65. The van der Waals surface area contributed by atoms with Crippen LogP contribution in [0.25, 0.3) is 10.9 Å². The summed E-state index contributed by atoms with van der Waals surface area (Å²) < 4.78 is 13.9. The van der Waals surface area contributed by atoms with Gasteiger partial charge in [-0.25, -0.2) is 4.98 Å². The lowest BCUT2D eigenvalue weighted by Crippen LogP contribution is -2.23. The van der Waals surface area contributed by atoms with Crippen LogP contribution >= 0.6 is 39.1 Å². The molecule has 0 saturated heterocycles. The lowest BCUT2D eigenvalue weighted by atomic mass is 10.2. The van der Waals surface area contributed by atoms with E-state index in [4.69, 9.17) is 32.7 Å². The SMILES string of the molecule is CCOc1cc(C=Nn2c(C(C)C)nc3ccc(Br)cc3c2=O)ccc1OCc1ccc(Cl)cc1Cl. The summed E-state index contributed by atoms with van der Waals surface area (Å²) in [5.41, 5.74) is 1.96. The number of ether oxygens (including phenoxy) is 2. The molecular weight excluding hydrogens is 565 g/mol. The first-order valence-electron chi connectivity index (χ1n) is 11.4. The number of aromatic nitrogens is 2. The first-order chi connectivity index (χ1) is 17.3. The third kappa shape index (κ3) is 5.91. The van der Waals surface area contributed by atoms with E-state index in [1.54, 1.807) is 30.5 Å². The van der Waals surface area contributed by atoms with Crippen molar-refractivity contribution < 1.29 is 9.47 Å². The molecule has 1 heterocycles. The van der Waals surface area contributed by atoms with E-state index in [-0.39, 0.29) is 18.1 Å². The molecule has 0 bridgehead atoms. The fraction of sp³-hybridized carbons (Fsp3) is 0.222. The molecule has 1 aromatic heterocycles. The van der Waals surface area contributed by atoms with E-state index < -0.39 is 0 Å². The number of halogens is 3. The van der Waals surface area contributed by atoms with Gasteiger partial charge in [-0.05, 0) is 61.0 Å². The van der Waals surface area contributed by atoms with Gasteiger partial charge in [-0.1, -0.05) is 59.0 Å². The predicted molar refractivity (Wildman–Crippen MR) is 149 cm³/mol. The minimum absolute atomic E-state index is 0.00245. The number of nitrogens with zero attached hydrogens (tertiary/aromatic N) is 3. The highest BCUT2D eigenvalue weighted by molar-refractivity contribution is 9.10. The van der Waals surface area contributed by atoms with Crippen molar-refractivity contribution in [1.82, 2.24) is 9.66 Å². The zero-order valence-electron chi connectivity index (χ0n) is 20.0. The molecule has 4 rings (SSSR count). The van der Waals surface area contributed by atoms with Gasteiger partial charge in [0.2, 0.25) is 0 Å².